The quantitative estimate of drug-likeness (QED) is 0.583. The average Bonchev–Trinajstić information content (AvgIpc) is 2.70. The minimum absolute atomic E-state index is 0.160. The molecule has 4 nitrogen and oxygen atoms in total. The van der Waals surface area contributed by atoms with E-state index in [1.807, 2.05) is 56.3 Å². The summed E-state index contributed by atoms with van der Waals surface area (Å²) in [4.78, 5) is 12.8. The third-order valence-electron chi connectivity index (χ3n) is 5.05. The summed E-state index contributed by atoms with van der Waals surface area (Å²) in [5, 5.41) is 2.99. The Balaban J connectivity index is 1.78. The molecule has 0 saturated carbocycles. The van der Waals surface area contributed by atoms with Crippen molar-refractivity contribution < 1.29 is 14.3 Å². The maximum absolute atomic E-state index is 12.8. The van der Waals surface area contributed by atoms with Crippen LogP contribution in [-0.4, -0.2) is 13.0 Å². The van der Waals surface area contributed by atoms with Gasteiger partial charge in [0.25, 0.3) is 5.91 Å². The maximum atomic E-state index is 12.8. The third-order valence-corrected chi connectivity index (χ3v) is 5.05. The number of carbonyl (C=O) groups is 1. The van der Waals surface area contributed by atoms with Crippen LogP contribution in [-0.2, 0) is 6.61 Å². The van der Waals surface area contributed by atoms with Gasteiger partial charge in [0.1, 0.15) is 18.1 Å². The Morgan fingerprint density at radius 3 is 2.34 bits per heavy atom. The lowest BCUT2D eigenvalue weighted by Crippen LogP contribution is -2.13. The van der Waals surface area contributed by atoms with Crippen molar-refractivity contribution in [3.63, 3.8) is 0 Å². The van der Waals surface area contributed by atoms with Crippen LogP contribution in [0.3, 0.4) is 0 Å². The largest absolute Gasteiger partial charge is 0.496 e. The van der Waals surface area contributed by atoms with Gasteiger partial charge in [-0.1, -0.05) is 23.8 Å². The van der Waals surface area contributed by atoms with Gasteiger partial charge in [-0.05, 0) is 80.8 Å². The number of rotatable bonds is 6. The molecule has 0 spiro atoms. The van der Waals surface area contributed by atoms with Crippen molar-refractivity contribution in [2.45, 2.75) is 34.3 Å². The highest BCUT2D eigenvalue weighted by Crippen LogP contribution is 2.24. The van der Waals surface area contributed by atoms with Gasteiger partial charge in [0.15, 0.2) is 0 Å². The van der Waals surface area contributed by atoms with Crippen LogP contribution >= 0.6 is 0 Å². The second-order valence-electron chi connectivity index (χ2n) is 7.33. The molecule has 1 N–H and O–H groups in total. The Morgan fingerprint density at radius 1 is 0.862 bits per heavy atom. The van der Waals surface area contributed by atoms with E-state index in [1.54, 1.807) is 19.2 Å². The maximum Gasteiger partial charge on any atom is 0.255 e. The Labute approximate surface area is 172 Å². The number of amides is 1. The molecule has 150 valence electrons. The van der Waals surface area contributed by atoms with Gasteiger partial charge in [-0.15, -0.1) is 0 Å². The number of ether oxygens (including phenoxy) is 2. The molecule has 0 aliphatic carbocycles. The number of hydrogen-bond acceptors (Lipinski definition) is 3. The SMILES string of the molecule is COc1ccc(C(=O)Nc2ccc(C)cc2C)cc1COc1ccc(C)c(C)c1. The van der Waals surface area contributed by atoms with E-state index in [2.05, 4.69) is 19.2 Å². The third kappa shape index (κ3) is 4.96. The molecule has 0 saturated heterocycles. The van der Waals surface area contributed by atoms with Gasteiger partial charge < -0.3 is 14.8 Å². The van der Waals surface area contributed by atoms with Crippen molar-refractivity contribution in [3.8, 4) is 11.5 Å². The molecule has 0 bridgehead atoms. The van der Waals surface area contributed by atoms with Crippen molar-refractivity contribution in [1.82, 2.24) is 0 Å². The number of aryl methyl sites for hydroxylation is 4. The molecule has 3 aromatic rings. The fourth-order valence-corrected chi connectivity index (χ4v) is 3.15. The van der Waals surface area contributed by atoms with Gasteiger partial charge in [0, 0.05) is 16.8 Å². The normalized spacial score (nSPS) is 10.5. The van der Waals surface area contributed by atoms with E-state index in [1.165, 1.54) is 11.1 Å². The second-order valence-corrected chi connectivity index (χ2v) is 7.33. The lowest BCUT2D eigenvalue weighted by Gasteiger charge is -2.14. The van der Waals surface area contributed by atoms with E-state index < -0.39 is 0 Å². The summed E-state index contributed by atoms with van der Waals surface area (Å²) in [6.45, 7) is 8.46. The number of nitrogens with one attached hydrogen (secondary N) is 1. The fraction of sp³-hybridized carbons (Fsp3) is 0.240. The standard InChI is InChI=1S/C25H27NO3/c1-16-6-10-23(19(4)12-16)26-25(27)20-8-11-24(28-5)21(14-20)15-29-22-9-7-17(2)18(3)13-22/h6-14H,15H2,1-5H3,(H,26,27). The van der Waals surface area contributed by atoms with E-state index in [0.717, 1.165) is 28.1 Å². The number of hydrogen-bond donors (Lipinski definition) is 1. The van der Waals surface area contributed by atoms with E-state index in [9.17, 15) is 4.79 Å². The second kappa shape index (κ2) is 8.82. The van der Waals surface area contributed by atoms with E-state index >= 15 is 0 Å². The number of anilines is 1. The van der Waals surface area contributed by atoms with E-state index in [0.29, 0.717) is 17.9 Å². The Kier molecular flexibility index (Phi) is 6.23. The smallest absolute Gasteiger partial charge is 0.255 e. The summed E-state index contributed by atoms with van der Waals surface area (Å²) < 4.78 is 11.4. The first-order valence-corrected chi connectivity index (χ1v) is 9.63. The fourth-order valence-electron chi connectivity index (χ4n) is 3.15. The first-order valence-electron chi connectivity index (χ1n) is 9.63. The van der Waals surface area contributed by atoms with Gasteiger partial charge in [-0.25, -0.2) is 0 Å². The van der Waals surface area contributed by atoms with E-state index in [-0.39, 0.29) is 5.91 Å². The lowest BCUT2D eigenvalue weighted by molar-refractivity contribution is 0.102. The zero-order valence-electron chi connectivity index (χ0n) is 17.6. The summed E-state index contributed by atoms with van der Waals surface area (Å²) in [6, 6.07) is 17.3. The molecule has 4 heteroatoms. The van der Waals surface area contributed by atoms with Gasteiger partial charge in [0.05, 0.1) is 7.11 Å². The van der Waals surface area contributed by atoms with Crippen LogP contribution < -0.4 is 14.8 Å². The van der Waals surface area contributed by atoms with Gasteiger partial charge in [-0.2, -0.15) is 0 Å². The van der Waals surface area contributed by atoms with Crippen LogP contribution in [0.15, 0.2) is 54.6 Å². The number of benzene rings is 3. The molecule has 0 heterocycles. The molecule has 3 aromatic carbocycles. The molecular formula is C25H27NO3. The molecular weight excluding hydrogens is 362 g/mol. The molecule has 0 aliphatic heterocycles. The zero-order valence-corrected chi connectivity index (χ0v) is 17.6. The highest BCUT2D eigenvalue weighted by molar-refractivity contribution is 6.04. The van der Waals surface area contributed by atoms with Crippen molar-refractivity contribution in [1.29, 1.82) is 0 Å². The predicted molar refractivity (Wildman–Crippen MR) is 117 cm³/mol. The molecule has 3 rings (SSSR count). The molecule has 0 aromatic heterocycles. The Hall–Kier alpha value is -3.27. The highest BCUT2D eigenvalue weighted by atomic mass is 16.5. The van der Waals surface area contributed by atoms with Crippen LogP contribution in [0.25, 0.3) is 0 Å². The monoisotopic (exact) mass is 389 g/mol. The first-order chi connectivity index (χ1) is 13.9. The zero-order chi connectivity index (χ0) is 21.0. The highest BCUT2D eigenvalue weighted by Gasteiger charge is 2.12. The van der Waals surface area contributed by atoms with Crippen LogP contribution in [0, 0.1) is 27.7 Å². The number of methoxy groups -OCH3 is 1. The van der Waals surface area contributed by atoms with Crippen LogP contribution in [0.1, 0.15) is 38.2 Å². The Bertz CT molecular complexity index is 1040. The summed E-state index contributed by atoms with van der Waals surface area (Å²) >= 11 is 0. The molecule has 0 fully saturated rings. The summed E-state index contributed by atoms with van der Waals surface area (Å²) in [5.41, 5.74) is 6.78. The summed E-state index contributed by atoms with van der Waals surface area (Å²) in [6.07, 6.45) is 0. The molecule has 29 heavy (non-hydrogen) atoms. The average molecular weight is 389 g/mol. The van der Waals surface area contributed by atoms with E-state index in [4.69, 9.17) is 9.47 Å². The predicted octanol–water partition coefficient (Wildman–Crippen LogP) is 5.76. The molecule has 0 atom stereocenters. The van der Waals surface area contributed by atoms with Gasteiger partial charge >= 0.3 is 0 Å². The Morgan fingerprint density at radius 2 is 1.66 bits per heavy atom. The van der Waals surface area contributed by atoms with Crippen molar-refractivity contribution >= 4 is 11.6 Å². The summed E-state index contributed by atoms with van der Waals surface area (Å²) in [7, 11) is 1.62. The van der Waals surface area contributed by atoms with Gasteiger partial charge in [0.2, 0.25) is 0 Å². The minimum Gasteiger partial charge on any atom is -0.496 e. The van der Waals surface area contributed by atoms with Crippen LogP contribution in [0.5, 0.6) is 11.5 Å². The summed E-state index contributed by atoms with van der Waals surface area (Å²) in [5.74, 6) is 1.32. The van der Waals surface area contributed by atoms with Crippen molar-refractivity contribution in [2.75, 3.05) is 12.4 Å². The first kappa shape index (κ1) is 20.5. The molecule has 0 aliphatic rings. The van der Waals surface area contributed by atoms with Crippen molar-refractivity contribution in [3.05, 3.63) is 88.0 Å². The van der Waals surface area contributed by atoms with Gasteiger partial charge in [-0.3, -0.25) is 4.79 Å². The van der Waals surface area contributed by atoms with Crippen LogP contribution in [0.4, 0.5) is 5.69 Å². The molecule has 0 unspecified atom stereocenters. The van der Waals surface area contributed by atoms with Crippen LogP contribution in [0.2, 0.25) is 0 Å². The van der Waals surface area contributed by atoms with Crippen molar-refractivity contribution in [2.24, 2.45) is 0 Å². The molecule has 0 radical (unpaired) electrons. The lowest BCUT2D eigenvalue weighted by atomic mass is 10.1. The molecule has 1 amide bonds. The minimum atomic E-state index is -0.160. The topological polar surface area (TPSA) is 47.6 Å². The number of carbonyl (C=O) groups excluding carboxylic acids is 1.